The summed E-state index contributed by atoms with van der Waals surface area (Å²) in [5.41, 5.74) is 0.306. The molecular weight excluding hydrogens is 435 g/mol. The van der Waals surface area contributed by atoms with Crippen molar-refractivity contribution in [3.05, 3.63) is 33.8 Å². The fourth-order valence-electron chi connectivity index (χ4n) is 3.31. The van der Waals surface area contributed by atoms with E-state index in [9.17, 15) is 9.59 Å². The third-order valence-electron chi connectivity index (χ3n) is 5.47. The lowest BCUT2D eigenvalue weighted by Gasteiger charge is -2.38. The molecule has 3 fully saturated rings. The third-order valence-corrected chi connectivity index (χ3v) is 6.21. The summed E-state index contributed by atoms with van der Waals surface area (Å²) in [5.74, 6) is 6.57. The maximum absolute atomic E-state index is 12.6. The van der Waals surface area contributed by atoms with Crippen LogP contribution >= 0.6 is 35.6 Å². The standard InChI is InChI=1S/C20H22Cl2N4O2.ClH/c21-16-2-1-14(11-17(16)22)3-4-20(5-6-20)24-19(28)26-9-7-25(8-10-26)18(27)15-12-23-13-15;/h1-2,11,15,23H,5-10,12-13H2,(H,24,28);1H. The van der Waals surface area contributed by atoms with E-state index in [1.165, 1.54) is 0 Å². The van der Waals surface area contributed by atoms with E-state index in [1.54, 1.807) is 17.0 Å². The number of nitrogens with one attached hydrogen (secondary N) is 2. The highest BCUT2D eigenvalue weighted by molar-refractivity contribution is 6.42. The van der Waals surface area contributed by atoms with Crippen LogP contribution in [-0.4, -0.2) is 66.5 Å². The second-order valence-electron chi connectivity index (χ2n) is 7.56. The first kappa shape index (κ1) is 22.0. The molecule has 2 heterocycles. The van der Waals surface area contributed by atoms with Crippen LogP contribution in [0.3, 0.4) is 0 Å². The first-order chi connectivity index (χ1) is 13.5. The van der Waals surface area contributed by atoms with Crippen molar-refractivity contribution >= 4 is 47.5 Å². The predicted octanol–water partition coefficient (Wildman–Crippen LogP) is 2.37. The van der Waals surface area contributed by atoms with Crippen LogP contribution in [0.1, 0.15) is 18.4 Å². The molecule has 0 bridgehead atoms. The minimum atomic E-state index is -0.465. The van der Waals surface area contributed by atoms with Gasteiger partial charge in [0.2, 0.25) is 5.91 Å². The van der Waals surface area contributed by atoms with Crippen LogP contribution in [0.25, 0.3) is 0 Å². The first-order valence-corrected chi connectivity index (χ1v) is 10.3. The SMILES string of the molecule is Cl.O=C(NC1(C#Cc2ccc(Cl)c(Cl)c2)CC1)N1CCN(C(=O)C2CNC2)CC1. The van der Waals surface area contributed by atoms with Gasteiger partial charge in [-0.25, -0.2) is 4.79 Å². The molecule has 29 heavy (non-hydrogen) atoms. The van der Waals surface area contributed by atoms with Crippen molar-refractivity contribution in [3.8, 4) is 11.8 Å². The summed E-state index contributed by atoms with van der Waals surface area (Å²) >= 11 is 12.0. The number of piperazine rings is 1. The van der Waals surface area contributed by atoms with Gasteiger partial charge < -0.3 is 20.4 Å². The van der Waals surface area contributed by atoms with Gasteiger partial charge in [0.25, 0.3) is 0 Å². The number of benzene rings is 1. The fraction of sp³-hybridized carbons (Fsp3) is 0.500. The topological polar surface area (TPSA) is 64.7 Å². The van der Waals surface area contributed by atoms with E-state index in [0.717, 1.165) is 31.5 Å². The average molecular weight is 458 g/mol. The molecule has 0 spiro atoms. The highest BCUT2D eigenvalue weighted by Crippen LogP contribution is 2.35. The fourth-order valence-corrected chi connectivity index (χ4v) is 3.61. The molecule has 2 saturated heterocycles. The van der Waals surface area contributed by atoms with Gasteiger partial charge in [-0.3, -0.25) is 4.79 Å². The highest BCUT2D eigenvalue weighted by atomic mass is 35.5. The van der Waals surface area contributed by atoms with E-state index in [0.29, 0.717) is 36.2 Å². The van der Waals surface area contributed by atoms with Crippen LogP contribution in [-0.2, 0) is 4.79 Å². The quantitative estimate of drug-likeness (QED) is 0.670. The highest BCUT2D eigenvalue weighted by Gasteiger charge is 2.44. The van der Waals surface area contributed by atoms with Gasteiger partial charge in [-0.1, -0.05) is 35.0 Å². The number of hydrogen-bond acceptors (Lipinski definition) is 3. The van der Waals surface area contributed by atoms with Crippen LogP contribution < -0.4 is 10.6 Å². The van der Waals surface area contributed by atoms with Gasteiger partial charge in [0, 0.05) is 44.8 Å². The van der Waals surface area contributed by atoms with Crippen LogP contribution in [0.15, 0.2) is 18.2 Å². The van der Waals surface area contributed by atoms with Crippen molar-refractivity contribution in [2.45, 2.75) is 18.4 Å². The molecule has 4 rings (SSSR count). The summed E-state index contributed by atoms with van der Waals surface area (Å²) in [7, 11) is 0. The number of carbonyl (C=O) groups is 2. The molecule has 0 radical (unpaired) electrons. The van der Waals surface area contributed by atoms with Crippen molar-refractivity contribution in [3.63, 3.8) is 0 Å². The van der Waals surface area contributed by atoms with E-state index < -0.39 is 5.54 Å². The van der Waals surface area contributed by atoms with Gasteiger partial charge in [0.1, 0.15) is 5.54 Å². The van der Waals surface area contributed by atoms with Crippen LogP contribution in [0, 0.1) is 17.8 Å². The van der Waals surface area contributed by atoms with Gasteiger partial charge in [-0.15, -0.1) is 12.4 Å². The Hall–Kier alpha value is -1.65. The summed E-state index contributed by atoms with van der Waals surface area (Å²) < 4.78 is 0. The van der Waals surface area contributed by atoms with Gasteiger partial charge >= 0.3 is 6.03 Å². The lowest BCUT2D eigenvalue weighted by atomic mass is 10.0. The molecule has 1 aromatic rings. The Labute approximate surface area is 186 Å². The smallest absolute Gasteiger partial charge is 0.318 e. The van der Waals surface area contributed by atoms with Crippen molar-refractivity contribution in [2.75, 3.05) is 39.3 Å². The van der Waals surface area contributed by atoms with E-state index in [1.807, 2.05) is 11.0 Å². The van der Waals surface area contributed by atoms with E-state index in [2.05, 4.69) is 22.5 Å². The Balaban J connectivity index is 0.00000240. The summed E-state index contributed by atoms with van der Waals surface area (Å²) in [5, 5.41) is 7.14. The molecule has 156 valence electrons. The van der Waals surface area contributed by atoms with Crippen molar-refractivity contribution < 1.29 is 9.59 Å². The Morgan fingerprint density at radius 2 is 1.72 bits per heavy atom. The minimum Gasteiger partial charge on any atom is -0.339 e. The maximum Gasteiger partial charge on any atom is 0.318 e. The lowest BCUT2D eigenvalue weighted by Crippen LogP contribution is -2.58. The van der Waals surface area contributed by atoms with Gasteiger partial charge in [-0.05, 0) is 31.0 Å². The Kier molecular flexibility index (Phi) is 6.85. The molecule has 9 heteroatoms. The first-order valence-electron chi connectivity index (χ1n) is 9.51. The molecule has 2 aliphatic heterocycles. The van der Waals surface area contributed by atoms with Crippen LogP contribution in [0.5, 0.6) is 0 Å². The monoisotopic (exact) mass is 456 g/mol. The molecule has 3 aliphatic rings. The zero-order chi connectivity index (χ0) is 19.7. The number of amides is 3. The molecule has 1 saturated carbocycles. The average Bonchev–Trinajstić information content (AvgIpc) is 3.41. The van der Waals surface area contributed by atoms with E-state index in [4.69, 9.17) is 23.2 Å². The van der Waals surface area contributed by atoms with Crippen LogP contribution in [0.4, 0.5) is 4.79 Å². The number of hydrogen-bond donors (Lipinski definition) is 2. The van der Waals surface area contributed by atoms with Crippen molar-refractivity contribution in [1.82, 2.24) is 20.4 Å². The number of rotatable bonds is 2. The molecule has 0 unspecified atom stereocenters. The molecular formula is C20H23Cl3N4O2. The normalized spacial score (nSPS) is 19.9. The molecule has 0 aromatic heterocycles. The van der Waals surface area contributed by atoms with E-state index in [-0.39, 0.29) is 30.3 Å². The summed E-state index contributed by atoms with van der Waals surface area (Å²) in [6.45, 7) is 3.80. The van der Waals surface area contributed by atoms with Gasteiger partial charge in [0.15, 0.2) is 0 Å². The Morgan fingerprint density at radius 1 is 1.07 bits per heavy atom. The summed E-state index contributed by atoms with van der Waals surface area (Å²) in [4.78, 5) is 28.6. The summed E-state index contributed by atoms with van der Waals surface area (Å²) in [6, 6.07) is 5.14. The van der Waals surface area contributed by atoms with Crippen LogP contribution in [0.2, 0.25) is 10.0 Å². The molecule has 3 amide bonds. The lowest BCUT2D eigenvalue weighted by molar-refractivity contribution is -0.138. The summed E-state index contributed by atoms with van der Waals surface area (Å²) in [6.07, 6.45) is 1.67. The molecule has 1 aliphatic carbocycles. The Morgan fingerprint density at radius 3 is 2.28 bits per heavy atom. The van der Waals surface area contributed by atoms with Gasteiger partial charge in [-0.2, -0.15) is 0 Å². The molecule has 6 nitrogen and oxygen atoms in total. The van der Waals surface area contributed by atoms with Gasteiger partial charge in [0.05, 0.1) is 16.0 Å². The predicted molar refractivity (Wildman–Crippen MR) is 116 cm³/mol. The largest absolute Gasteiger partial charge is 0.339 e. The Bertz CT molecular complexity index is 851. The number of urea groups is 1. The zero-order valence-electron chi connectivity index (χ0n) is 15.8. The van der Waals surface area contributed by atoms with Crippen molar-refractivity contribution in [2.24, 2.45) is 5.92 Å². The maximum atomic E-state index is 12.6. The van der Waals surface area contributed by atoms with Crippen molar-refractivity contribution in [1.29, 1.82) is 0 Å². The number of carbonyl (C=O) groups excluding carboxylic acids is 2. The van der Waals surface area contributed by atoms with E-state index >= 15 is 0 Å². The second kappa shape index (κ2) is 9.01. The number of nitrogens with zero attached hydrogens (tertiary/aromatic N) is 2. The molecule has 2 N–H and O–H groups in total. The molecule has 0 atom stereocenters. The zero-order valence-corrected chi connectivity index (χ0v) is 18.2. The second-order valence-corrected chi connectivity index (χ2v) is 8.37. The minimum absolute atomic E-state index is 0. The number of halogens is 3. The third kappa shape index (κ3) is 5.10. The molecule has 1 aromatic carbocycles.